The molecule has 1 aromatic carbocycles. The quantitative estimate of drug-likeness (QED) is 0.732. The fourth-order valence-corrected chi connectivity index (χ4v) is 3.67. The Bertz CT molecular complexity index is 797. The highest BCUT2D eigenvalue weighted by Gasteiger charge is 2.36. The van der Waals surface area contributed by atoms with E-state index in [4.69, 9.17) is 11.6 Å². The fraction of sp³-hybridized carbons (Fsp3) is 0.381. The van der Waals surface area contributed by atoms with Crippen molar-refractivity contribution in [2.24, 2.45) is 5.92 Å². The standard InChI is InChI=1S/C21H24ClN3O2/c1-2-9-24(13-16-5-3-7-19(22)10-16)21(27)18-11-20(26)25(15-18)14-17-6-4-8-23-12-17/h3-8,10,12,18H,2,9,11,13-15H2,1H3. The molecule has 0 saturated carbocycles. The summed E-state index contributed by atoms with van der Waals surface area (Å²) in [6.07, 6.45) is 4.60. The van der Waals surface area contributed by atoms with E-state index in [0.29, 0.717) is 31.2 Å². The normalized spacial score (nSPS) is 16.6. The van der Waals surface area contributed by atoms with Crippen LogP contribution >= 0.6 is 11.6 Å². The second-order valence-electron chi connectivity index (χ2n) is 6.93. The first kappa shape index (κ1) is 19.4. The zero-order chi connectivity index (χ0) is 19.2. The summed E-state index contributed by atoms with van der Waals surface area (Å²) in [4.78, 5) is 33.2. The van der Waals surface area contributed by atoms with Crippen molar-refractivity contribution < 1.29 is 9.59 Å². The second kappa shape index (κ2) is 9.00. The van der Waals surface area contributed by atoms with Crippen molar-refractivity contribution in [1.29, 1.82) is 0 Å². The summed E-state index contributed by atoms with van der Waals surface area (Å²) in [5, 5.41) is 0.662. The number of nitrogens with zero attached hydrogens (tertiary/aromatic N) is 3. The number of carbonyl (C=O) groups excluding carboxylic acids is 2. The van der Waals surface area contributed by atoms with Crippen LogP contribution in [-0.4, -0.2) is 39.7 Å². The molecule has 27 heavy (non-hydrogen) atoms. The smallest absolute Gasteiger partial charge is 0.228 e. The summed E-state index contributed by atoms with van der Waals surface area (Å²) in [6.45, 7) is 4.19. The minimum Gasteiger partial charge on any atom is -0.338 e. The van der Waals surface area contributed by atoms with Crippen molar-refractivity contribution in [2.45, 2.75) is 32.9 Å². The molecule has 0 N–H and O–H groups in total. The Labute approximate surface area is 164 Å². The number of likely N-dealkylation sites (tertiary alicyclic amines) is 1. The van der Waals surface area contributed by atoms with Crippen molar-refractivity contribution in [2.75, 3.05) is 13.1 Å². The summed E-state index contributed by atoms with van der Waals surface area (Å²) >= 11 is 6.07. The molecule has 0 radical (unpaired) electrons. The molecule has 1 saturated heterocycles. The third-order valence-electron chi connectivity index (χ3n) is 4.73. The molecule has 1 aromatic heterocycles. The molecule has 2 heterocycles. The number of hydrogen-bond acceptors (Lipinski definition) is 3. The third kappa shape index (κ3) is 5.07. The molecule has 1 fully saturated rings. The lowest BCUT2D eigenvalue weighted by atomic mass is 10.1. The van der Waals surface area contributed by atoms with Gasteiger partial charge in [0.1, 0.15) is 0 Å². The molecule has 142 valence electrons. The molecule has 2 amide bonds. The van der Waals surface area contributed by atoms with Crippen LogP contribution in [0.2, 0.25) is 5.02 Å². The Balaban J connectivity index is 1.66. The van der Waals surface area contributed by atoms with Gasteiger partial charge in [0.05, 0.1) is 5.92 Å². The molecule has 3 rings (SSSR count). The Morgan fingerprint density at radius 1 is 1.30 bits per heavy atom. The van der Waals surface area contributed by atoms with Gasteiger partial charge in [-0.3, -0.25) is 14.6 Å². The number of rotatable bonds is 7. The average Bonchev–Trinajstić information content (AvgIpc) is 3.02. The van der Waals surface area contributed by atoms with E-state index in [0.717, 1.165) is 17.5 Å². The zero-order valence-corrected chi connectivity index (χ0v) is 16.2. The Kier molecular flexibility index (Phi) is 6.45. The maximum absolute atomic E-state index is 13.1. The largest absolute Gasteiger partial charge is 0.338 e. The van der Waals surface area contributed by atoms with Crippen LogP contribution in [-0.2, 0) is 22.7 Å². The van der Waals surface area contributed by atoms with Gasteiger partial charge in [-0.1, -0.05) is 36.7 Å². The van der Waals surface area contributed by atoms with Gasteiger partial charge >= 0.3 is 0 Å². The minimum atomic E-state index is -0.292. The summed E-state index contributed by atoms with van der Waals surface area (Å²) in [6, 6.07) is 11.4. The molecule has 1 atom stereocenters. The third-order valence-corrected chi connectivity index (χ3v) is 4.96. The van der Waals surface area contributed by atoms with E-state index < -0.39 is 0 Å². The lowest BCUT2D eigenvalue weighted by molar-refractivity contribution is -0.136. The zero-order valence-electron chi connectivity index (χ0n) is 15.5. The predicted octanol–water partition coefficient (Wildman–Crippen LogP) is 3.52. The van der Waals surface area contributed by atoms with Crippen molar-refractivity contribution in [3.63, 3.8) is 0 Å². The van der Waals surface area contributed by atoms with Crippen LogP contribution in [0.1, 0.15) is 30.9 Å². The van der Waals surface area contributed by atoms with Gasteiger partial charge in [-0.25, -0.2) is 0 Å². The van der Waals surface area contributed by atoms with Gasteiger partial charge in [0.15, 0.2) is 0 Å². The number of carbonyl (C=O) groups is 2. The molecule has 1 aliphatic rings. The number of benzene rings is 1. The number of halogens is 1. The van der Waals surface area contributed by atoms with Crippen molar-refractivity contribution >= 4 is 23.4 Å². The van der Waals surface area contributed by atoms with E-state index in [2.05, 4.69) is 4.98 Å². The summed E-state index contributed by atoms with van der Waals surface area (Å²) in [7, 11) is 0. The molecule has 0 bridgehead atoms. The van der Waals surface area contributed by atoms with Crippen LogP contribution in [0.3, 0.4) is 0 Å². The van der Waals surface area contributed by atoms with E-state index in [1.54, 1.807) is 17.3 Å². The van der Waals surface area contributed by atoms with Crippen LogP contribution in [0, 0.1) is 5.92 Å². The average molecular weight is 386 g/mol. The van der Waals surface area contributed by atoms with Gasteiger partial charge in [0, 0.05) is 50.0 Å². The van der Waals surface area contributed by atoms with E-state index in [1.165, 1.54) is 0 Å². The van der Waals surface area contributed by atoms with E-state index in [1.807, 2.05) is 48.2 Å². The molecule has 6 heteroatoms. The van der Waals surface area contributed by atoms with Crippen molar-refractivity contribution in [3.8, 4) is 0 Å². The Morgan fingerprint density at radius 3 is 2.81 bits per heavy atom. The first-order chi connectivity index (χ1) is 13.1. The Morgan fingerprint density at radius 2 is 2.11 bits per heavy atom. The van der Waals surface area contributed by atoms with Gasteiger partial charge in [-0.15, -0.1) is 0 Å². The maximum atomic E-state index is 13.1. The lowest BCUT2D eigenvalue weighted by Crippen LogP contribution is -2.37. The van der Waals surface area contributed by atoms with E-state index >= 15 is 0 Å². The van der Waals surface area contributed by atoms with Crippen LogP contribution in [0.25, 0.3) is 0 Å². The first-order valence-electron chi connectivity index (χ1n) is 9.26. The topological polar surface area (TPSA) is 53.5 Å². The van der Waals surface area contributed by atoms with Crippen molar-refractivity contribution in [3.05, 3.63) is 64.9 Å². The SMILES string of the molecule is CCCN(Cc1cccc(Cl)c1)C(=O)C1CC(=O)N(Cc2cccnc2)C1. The second-order valence-corrected chi connectivity index (χ2v) is 7.36. The van der Waals surface area contributed by atoms with E-state index in [9.17, 15) is 9.59 Å². The maximum Gasteiger partial charge on any atom is 0.228 e. The van der Waals surface area contributed by atoms with Gasteiger partial charge in [0.25, 0.3) is 0 Å². The van der Waals surface area contributed by atoms with E-state index in [-0.39, 0.29) is 24.2 Å². The predicted molar refractivity (Wildman–Crippen MR) is 105 cm³/mol. The summed E-state index contributed by atoms with van der Waals surface area (Å²) in [5.41, 5.74) is 1.98. The van der Waals surface area contributed by atoms with Gasteiger partial charge in [-0.05, 0) is 35.7 Å². The lowest BCUT2D eigenvalue weighted by Gasteiger charge is -2.25. The molecular weight excluding hydrogens is 362 g/mol. The number of pyridine rings is 1. The molecule has 0 spiro atoms. The van der Waals surface area contributed by atoms with Crippen molar-refractivity contribution in [1.82, 2.24) is 14.8 Å². The first-order valence-corrected chi connectivity index (χ1v) is 9.64. The van der Waals surface area contributed by atoms with Crippen LogP contribution in [0.5, 0.6) is 0 Å². The van der Waals surface area contributed by atoms with Crippen LogP contribution in [0.15, 0.2) is 48.8 Å². The molecule has 1 aliphatic heterocycles. The number of aromatic nitrogens is 1. The monoisotopic (exact) mass is 385 g/mol. The van der Waals surface area contributed by atoms with Gasteiger partial charge in [0.2, 0.25) is 11.8 Å². The van der Waals surface area contributed by atoms with Crippen LogP contribution < -0.4 is 0 Å². The van der Waals surface area contributed by atoms with Gasteiger partial charge in [-0.2, -0.15) is 0 Å². The van der Waals surface area contributed by atoms with Crippen LogP contribution in [0.4, 0.5) is 0 Å². The fourth-order valence-electron chi connectivity index (χ4n) is 3.45. The molecular formula is C21H24ClN3O2. The molecule has 5 nitrogen and oxygen atoms in total. The number of amides is 2. The number of hydrogen-bond donors (Lipinski definition) is 0. The highest BCUT2D eigenvalue weighted by Crippen LogP contribution is 2.23. The van der Waals surface area contributed by atoms with Gasteiger partial charge < -0.3 is 9.80 Å². The molecule has 1 unspecified atom stereocenters. The summed E-state index contributed by atoms with van der Waals surface area (Å²) < 4.78 is 0. The molecule has 0 aliphatic carbocycles. The minimum absolute atomic E-state index is 0.0245. The summed E-state index contributed by atoms with van der Waals surface area (Å²) in [5.74, 6) is -0.227. The Hall–Kier alpha value is -2.40. The highest BCUT2D eigenvalue weighted by molar-refractivity contribution is 6.30. The molecule has 2 aromatic rings. The highest BCUT2D eigenvalue weighted by atomic mass is 35.5.